The average Bonchev–Trinajstić information content (AvgIpc) is 2.56. The van der Waals surface area contributed by atoms with E-state index in [1.807, 2.05) is 0 Å². The number of carboxylic acids is 1. The van der Waals surface area contributed by atoms with E-state index in [1.165, 1.54) is 23.7 Å². The third kappa shape index (κ3) is 1.44. The van der Waals surface area contributed by atoms with Crippen LogP contribution in [0.3, 0.4) is 0 Å². The molecule has 1 heterocycles. The van der Waals surface area contributed by atoms with Gasteiger partial charge in [-0.3, -0.25) is 0 Å². The van der Waals surface area contributed by atoms with Crippen LogP contribution in [0.4, 0.5) is 8.78 Å². The molecule has 0 aliphatic rings. The Bertz CT molecular complexity index is 560. The fourth-order valence-electron chi connectivity index (χ4n) is 1.78. The average molecular weight is 225 g/mol. The number of nitrogens with zero attached hydrogens (tertiary/aromatic N) is 1. The topological polar surface area (TPSA) is 42.2 Å². The summed E-state index contributed by atoms with van der Waals surface area (Å²) in [6.45, 7) is 0. The molecule has 1 N–H and O–H groups in total. The largest absolute Gasteiger partial charge is 0.478 e. The zero-order valence-electron chi connectivity index (χ0n) is 8.45. The Kier molecular flexibility index (Phi) is 2.38. The van der Waals surface area contributed by atoms with Crippen molar-refractivity contribution in [3.63, 3.8) is 0 Å². The van der Waals surface area contributed by atoms with E-state index in [0.29, 0.717) is 10.9 Å². The molecule has 3 nitrogen and oxygen atoms in total. The van der Waals surface area contributed by atoms with Crippen LogP contribution in [0.1, 0.15) is 22.5 Å². The maximum atomic E-state index is 12.6. The van der Waals surface area contributed by atoms with Crippen molar-refractivity contribution in [3.05, 3.63) is 35.5 Å². The summed E-state index contributed by atoms with van der Waals surface area (Å²) in [5.41, 5.74) is 0.360. The van der Waals surface area contributed by atoms with Gasteiger partial charge in [-0.05, 0) is 18.2 Å². The summed E-state index contributed by atoms with van der Waals surface area (Å²) in [6, 6.07) is 5.79. The van der Waals surface area contributed by atoms with E-state index < -0.39 is 12.4 Å². The predicted octanol–water partition coefficient (Wildman–Crippen LogP) is 2.81. The monoisotopic (exact) mass is 225 g/mol. The van der Waals surface area contributed by atoms with Gasteiger partial charge in [0, 0.05) is 18.0 Å². The first kappa shape index (κ1) is 10.6. The second-order valence-electron chi connectivity index (χ2n) is 3.47. The van der Waals surface area contributed by atoms with E-state index in [2.05, 4.69) is 0 Å². The van der Waals surface area contributed by atoms with Gasteiger partial charge in [-0.25, -0.2) is 13.6 Å². The van der Waals surface area contributed by atoms with Crippen molar-refractivity contribution in [1.82, 2.24) is 4.57 Å². The number of benzene rings is 1. The number of aryl methyl sites for hydroxylation is 1. The Labute approximate surface area is 89.9 Å². The van der Waals surface area contributed by atoms with Crippen molar-refractivity contribution < 1.29 is 18.7 Å². The normalized spacial score (nSPS) is 11.2. The van der Waals surface area contributed by atoms with Gasteiger partial charge in [-0.2, -0.15) is 0 Å². The molecule has 0 saturated carbocycles. The molecule has 0 saturated heterocycles. The highest BCUT2D eigenvalue weighted by Gasteiger charge is 2.17. The number of fused-ring (bicyclic) bond motifs is 1. The Morgan fingerprint density at radius 3 is 2.69 bits per heavy atom. The van der Waals surface area contributed by atoms with E-state index in [0.717, 1.165) is 0 Å². The number of hydrogen-bond acceptors (Lipinski definition) is 1. The summed E-state index contributed by atoms with van der Waals surface area (Å²) >= 11 is 0. The minimum atomic E-state index is -2.61. The van der Waals surface area contributed by atoms with Gasteiger partial charge in [-0.15, -0.1) is 0 Å². The SMILES string of the molecule is Cn1c(C(F)F)cc2c(C(=O)O)cccc21. The van der Waals surface area contributed by atoms with E-state index in [-0.39, 0.29) is 11.3 Å². The van der Waals surface area contributed by atoms with Crippen molar-refractivity contribution in [1.29, 1.82) is 0 Å². The van der Waals surface area contributed by atoms with Crippen LogP contribution in [-0.4, -0.2) is 15.6 Å². The smallest absolute Gasteiger partial charge is 0.336 e. The molecule has 0 aliphatic heterocycles. The minimum absolute atomic E-state index is 0.0417. The third-order valence-corrected chi connectivity index (χ3v) is 2.58. The Hall–Kier alpha value is -1.91. The number of hydrogen-bond donors (Lipinski definition) is 1. The number of rotatable bonds is 2. The molecule has 1 aromatic heterocycles. The summed E-state index contributed by atoms with van der Waals surface area (Å²) in [4.78, 5) is 10.9. The zero-order chi connectivity index (χ0) is 11.9. The van der Waals surface area contributed by atoms with Gasteiger partial charge in [0.15, 0.2) is 0 Å². The first-order valence-electron chi connectivity index (χ1n) is 4.62. The molecule has 0 atom stereocenters. The maximum Gasteiger partial charge on any atom is 0.336 e. The van der Waals surface area contributed by atoms with Crippen LogP contribution < -0.4 is 0 Å². The number of aromatic carboxylic acids is 1. The lowest BCUT2D eigenvalue weighted by molar-refractivity contribution is 0.0699. The molecule has 0 spiro atoms. The summed E-state index contributed by atoms with van der Waals surface area (Å²) in [7, 11) is 1.50. The molecule has 84 valence electrons. The van der Waals surface area contributed by atoms with E-state index in [1.54, 1.807) is 12.1 Å². The van der Waals surface area contributed by atoms with Gasteiger partial charge in [0.2, 0.25) is 0 Å². The van der Waals surface area contributed by atoms with Gasteiger partial charge in [-0.1, -0.05) is 6.07 Å². The van der Waals surface area contributed by atoms with Gasteiger partial charge in [0.1, 0.15) is 0 Å². The van der Waals surface area contributed by atoms with E-state index in [4.69, 9.17) is 5.11 Å². The third-order valence-electron chi connectivity index (χ3n) is 2.58. The highest BCUT2D eigenvalue weighted by atomic mass is 19.3. The van der Waals surface area contributed by atoms with Crippen molar-refractivity contribution in [2.75, 3.05) is 0 Å². The number of carbonyl (C=O) groups is 1. The quantitative estimate of drug-likeness (QED) is 0.853. The summed E-state index contributed by atoms with van der Waals surface area (Å²) in [5, 5.41) is 9.27. The van der Waals surface area contributed by atoms with Crippen LogP contribution in [-0.2, 0) is 7.05 Å². The van der Waals surface area contributed by atoms with Crippen LogP contribution in [0, 0.1) is 0 Å². The van der Waals surface area contributed by atoms with E-state index in [9.17, 15) is 13.6 Å². The van der Waals surface area contributed by atoms with Crippen LogP contribution in [0.15, 0.2) is 24.3 Å². The molecule has 0 bridgehead atoms. The van der Waals surface area contributed by atoms with E-state index >= 15 is 0 Å². The summed E-state index contributed by atoms with van der Waals surface area (Å²) in [6.07, 6.45) is -2.61. The molecule has 0 fully saturated rings. The number of aromatic nitrogens is 1. The Morgan fingerprint density at radius 2 is 2.12 bits per heavy atom. The van der Waals surface area contributed by atoms with Crippen molar-refractivity contribution in [2.24, 2.45) is 7.05 Å². The lowest BCUT2D eigenvalue weighted by Crippen LogP contribution is -1.97. The molecule has 1 aromatic carbocycles. The molecule has 2 rings (SSSR count). The second kappa shape index (κ2) is 3.59. The summed E-state index contributed by atoms with van der Waals surface area (Å²) < 4.78 is 26.6. The Balaban J connectivity index is 2.80. The van der Waals surface area contributed by atoms with Crippen LogP contribution >= 0.6 is 0 Å². The van der Waals surface area contributed by atoms with Crippen molar-refractivity contribution >= 4 is 16.9 Å². The standard InChI is InChI=1S/C11H9F2NO2/c1-14-8-4-2-3-6(11(15)16)7(8)5-9(14)10(12)13/h2-5,10H,1H3,(H,15,16). The first-order chi connectivity index (χ1) is 7.52. The fourth-order valence-corrected chi connectivity index (χ4v) is 1.78. The van der Waals surface area contributed by atoms with Crippen LogP contribution in [0.5, 0.6) is 0 Å². The number of halogens is 2. The lowest BCUT2D eigenvalue weighted by Gasteiger charge is -2.02. The molecule has 5 heteroatoms. The maximum absolute atomic E-state index is 12.6. The van der Waals surface area contributed by atoms with Crippen LogP contribution in [0.2, 0.25) is 0 Å². The Morgan fingerprint density at radius 1 is 1.44 bits per heavy atom. The predicted molar refractivity (Wildman–Crippen MR) is 54.8 cm³/mol. The molecule has 2 aromatic rings. The molecule has 0 unspecified atom stereocenters. The number of carboxylic acid groups (broad SMARTS) is 1. The van der Waals surface area contributed by atoms with Gasteiger partial charge in [0.05, 0.1) is 11.3 Å². The minimum Gasteiger partial charge on any atom is -0.478 e. The molecule has 0 radical (unpaired) electrons. The molecular weight excluding hydrogens is 216 g/mol. The molecular formula is C11H9F2NO2. The molecule has 0 amide bonds. The van der Waals surface area contributed by atoms with Crippen molar-refractivity contribution in [3.8, 4) is 0 Å². The highest BCUT2D eigenvalue weighted by molar-refractivity contribution is 6.03. The second-order valence-corrected chi connectivity index (χ2v) is 3.47. The van der Waals surface area contributed by atoms with Gasteiger partial charge < -0.3 is 9.67 Å². The summed E-state index contributed by atoms with van der Waals surface area (Å²) in [5.74, 6) is -1.11. The zero-order valence-corrected chi connectivity index (χ0v) is 8.45. The molecule has 16 heavy (non-hydrogen) atoms. The highest BCUT2D eigenvalue weighted by Crippen LogP contribution is 2.28. The van der Waals surface area contributed by atoms with Gasteiger partial charge in [0.25, 0.3) is 6.43 Å². The molecule has 0 aliphatic carbocycles. The van der Waals surface area contributed by atoms with Crippen LogP contribution in [0.25, 0.3) is 10.9 Å². The lowest BCUT2D eigenvalue weighted by atomic mass is 10.1. The van der Waals surface area contributed by atoms with Gasteiger partial charge >= 0.3 is 5.97 Å². The van der Waals surface area contributed by atoms with Crippen molar-refractivity contribution in [2.45, 2.75) is 6.43 Å². The first-order valence-corrected chi connectivity index (χ1v) is 4.62. The fraction of sp³-hybridized carbons (Fsp3) is 0.182. The number of alkyl halides is 2.